The Hall–Kier alpha value is -3.74. The van der Waals surface area contributed by atoms with Crippen molar-refractivity contribution in [2.45, 2.75) is 13.1 Å². The first kappa shape index (κ1) is 22.1. The Morgan fingerprint density at radius 3 is 2.03 bits per heavy atom. The highest BCUT2D eigenvalue weighted by atomic mass is 16.3. The molecule has 2 heterocycles. The second-order valence-corrected chi connectivity index (χ2v) is 8.66. The van der Waals surface area contributed by atoms with E-state index >= 15 is 0 Å². The van der Waals surface area contributed by atoms with Gasteiger partial charge in [0.15, 0.2) is 11.2 Å². The number of hydrogen-bond acceptors (Lipinski definition) is 5. The minimum atomic E-state index is -0.440. The van der Waals surface area contributed by atoms with Crippen molar-refractivity contribution in [3.63, 3.8) is 0 Å². The summed E-state index contributed by atoms with van der Waals surface area (Å²) in [5.74, 6) is -0.439. The Bertz CT molecular complexity index is 1320. The van der Waals surface area contributed by atoms with Crippen LogP contribution in [0, 0.1) is 0 Å². The molecule has 172 valence electrons. The lowest BCUT2D eigenvalue weighted by Gasteiger charge is -2.34. The number of benzene rings is 3. The van der Waals surface area contributed by atoms with Crippen LogP contribution in [0.15, 0.2) is 94.1 Å². The Kier molecular flexibility index (Phi) is 6.51. The zero-order valence-corrected chi connectivity index (χ0v) is 18.9. The third kappa shape index (κ3) is 5.25. The lowest BCUT2D eigenvalue weighted by molar-refractivity contribution is 0.0997. The van der Waals surface area contributed by atoms with Crippen molar-refractivity contribution in [3.05, 3.63) is 112 Å². The largest absolute Gasteiger partial charge is 0.451 e. The highest BCUT2D eigenvalue weighted by Crippen LogP contribution is 2.16. The van der Waals surface area contributed by atoms with Gasteiger partial charge in [0.1, 0.15) is 5.58 Å². The van der Waals surface area contributed by atoms with E-state index in [-0.39, 0.29) is 11.2 Å². The van der Waals surface area contributed by atoms with Crippen LogP contribution in [0.4, 0.5) is 5.69 Å². The average Bonchev–Trinajstić information content (AvgIpc) is 2.87. The number of amides is 1. The molecule has 1 amide bonds. The summed E-state index contributed by atoms with van der Waals surface area (Å²) in [5, 5.41) is 3.28. The van der Waals surface area contributed by atoms with Crippen LogP contribution in [-0.2, 0) is 13.1 Å². The maximum atomic E-state index is 12.6. The summed E-state index contributed by atoms with van der Waals surface area (Å²) in [6.45, 7) is 6.06. The van der Waals surface area contributed by atoms with Crippen molar-refractivity contribution in [2.75, 3.05) is 31.5 Å². The van der Waals surface area contributed by atoms with Crippen molar-refractivity contribution in [1.82, 2.24) is 9.80 Å². The molecule has 5 rings (SSSR count). The average molecular weight is 454 g/mol. The Morgan fingerprint density at radius 2 is 1.35 bits per heavy atom. The number of nitrogens with zero attached hydrogens (tertiary/aromatic N) is 2. The summed E-state index contributed by atoms with van der Waals surface area (Å²) < 4.78 is 5.62. The molecule has 34 heavy (non-hydrogen) atoms. The van der Waals surface area contributed by atoms with Crippen LogP contribution in [-0.4, -0.2) is 41.9 Å². The standard InChI is InChI=1S/C28H27N3O3/c32-25-18-27(34-26-9-5-4-8-24(25)26)28(33)29-23-12-10-22(11-13-23)20-31-16-14-30(15-17-31)19-21-6-2-1-3-7-21/h1-13,18H,14-17,19-20H2,(H,29,33). The van der Waals surface area contributed by atoms with E-state index in [9.17, 15) is 9.59 Å². The lowest BCUT2D eigenvalue weighted by atomic mass is 10.1. The van der Waals surface area contributed by atoms with E-state index in [1.165, 1.54) is 17.2 Å². The maximum Gasteiger partial charge on any atom is 0.291 e. The highest BCUT2D eigenvalue weighted by Gasteiger charge is 2.17. The second-order valence-electron chi connectivity index (χ2n) is 8.66. The van der Waals surface area contributed by atoms with Crippen molar-refractivity contribution in [3.8, 4) is 0 Å². The van der Waals surface area contributed by atoms with Crippen LogP contribution in [0.25, 0.3) is 11.0 Å². The molecule has 0 spiro atoms. The normalized spacial score (nSPS) is 14.8. The van der Waals surface area contributed by atoms with E-state index < -0.39 is 5.91 Å². The van der Waals surface area contributed by atoms with Crippen molar-refractivity contribution in [1.29, 1.82) is 0 Å². The van der Waals surface area contributed by atoms with Gasteiger partial charge in [-0.3, -0.25) is 19.4 Å². The molecule has 1 fully saturated rings. The molecule has 1 aliphatic heterocycles. The van der Waals surface area contributed by atoms with Gasteiger partial charge in [0.2, 0.25) is 0 Å². The van der Waals surface area contributed by atoms with E-state index in [0.717, 1.165) is 39.3 Å². The highest BCUT2D eigenvalue weighted by molar-refractivity contribution is 6.02. The molecule has 4 aromatic rings. The summed E-state index contributed by atoms with van der Waals surface area (Å²) in [4.78, 5) is 29.8. The van der Waals surface area contributed by atoms with Crippen LogP contribution in [0.1, 0.15) is 21.7 Å². The second kappa shape index (κ2) is 10.0. The summed E-state index contributed by atoms with van der Waals surface area (Å²) >= 11 is 0. The molecular formula is C28H27N3O3. The number of fused-ring (bicyclic) bond motifs is 1. The summed E-state index contributed by atoms with van der Waals surface area (Å²) in [6.07, 6.45) is 0. The summed E-state index contributed by atoms with van der Waals surface area (Å²) in [6, 6.07) is 26.6. The van der Waals surface area contributed by atoms with Gasteiger partial charge in [0.05, 0.1) is 5.39 Å². The fraction of sp³-hybridized carbons (Fsp3) is 0.214. The molecule has 0 bridgehead atoms. The smallest absolute Gasteiger partial charge is 0.291 e. The predicted octanol–water partition coefficient (Wildman–Crippen LogP) is 4.36. The molecule has 1 aromatic heterocycles. The number of para-hydroxylation sites is 1. The monoisotopic (exact) mass is 453 g/mol. The van der Waals surface area contributed by atoms with Crippen LogP contribution in [0.3, 0.4) is 0 Å². The van der Waals surface area contributed by atoms with Crippen LogP contribution < -0.4 is 10.7 Å². The molecular weight excluding hydrogens is 426 g/mol. The number of carbonyl (C=O) groups is 1. The molecule has 0 unspecified atom stereocenters. The number of anilines is 1. The number of piperazine rings is 1. The van der Waals surface area contributed by atoms with Gasteiger partial charge >= 0.3 is 0 Å². The van der Waals surface area contributed by atoms with E-state index in [0.29, 0.717) is 16.7 Å². The molecule has 1 N–H and O–H groups in total. The van der Waals surface area contributed by atoms with E-state index in [4.69, 9.17) is 4.42 Å². The Labute approximate surface area is 198 Å². The molecule has 1 saturated heterocycles. The number of hydrogen-bond donors (Lipinski definition) is 1. The SMILES string of the molecule is O=C(Nc1ccc(CN2CCN(Cc3ccccc3)CC2)cc1)c1cc(=O)c2ccccc2o1. The van der Waals surface area contributed by atoms with E-state index in [1.54, 1.807) is 24.3 Å². The van der Waals surface area contributed by atoms with Gasteiger partial charge in [-0.2, -0.15) is 0 Å². The van der Waals surface area contributed by atoms with Gasteiger partial charge < -0.3 is 9.73 Å². The van der Waals surface area contributed by atoms with Crippen LogP contribution >= 0.6 is 0 Å². The minimum absolute atomic E-state index is 0.00106. The van der Waals surface area contributed by atoms with Crippen molar-refractivity contribution in [2.24, 2.45) is 0 Å². The maximum absolute atomic E-state index is 12.6. The van der Waals surface area contributed by atoms with Gasteiger partial charge in [-0.1, -0.05) is 54.6 Å². The first-order valence-electron chi connectivity index (χ1n) is 11.6. The molecule has 1 aliphatic rings. The van der Waals surface area contributed by atoms with Crippen molar-refractivity contribution >= 4 is 22.6 Å². The van der Waals surface area contributed by atoms with Crippen LogP contribution in [0.2, 0.25) is 0 Å². The predicted molar refractivity (Wildman–Crippen MR) is 134 cm³/mol. The number of rotatable bonds is 6. The molecule has 0 atom stereocenters. The zero-order chi connectivity index (χ0) is 23.3. The first-order valence-corrected chi connectivity index (χ1v) is 11.6. The first-order chi connectivity index (χ1) is 16.6. The fourth-order valence-corrected chi connectivity index (χ4v) is 4.31. The molecule has 6 heteroatoms. The molecule has 0 saturated carbocycles. The minimum Gasteiger partial charge on any atom is -0.451 e. The van der Waals surface area contributed by atoms with E-state index in [1.807, 2.05) is 24.3 Å². The van der Waals surface area contributed by atoms with E-state index in [2.05, 4.69) is 45.4 Å². The molecule has 0 radical (unpaired) electrons. The van der Waals surface area contributed by atoms with Gasteiger partial charge in [0, 0.05) is 51.0 Å². The Morgan fingerprint density at radius 1 is 0.765 bits per heavy atom. The summed E-state index contributed by atoms with van der Waals surface area (Å²) in [7, 11) is 0. The zero-order valence-electron chi connectivity index (χ0n) is 18.9. The Balaban J connectivity index is 1.15. The molecule has 0 aliphatic carbocycles. The van der Waals surface area contributed by atoms with Gasteiger partial charge in [0.25, 0.3) is 5.91 Å². The van der Waals surface area contributed by atoms with Gasteiger partial charge in [-0.25, -0.2) is 0 Å². The number of carbonyl (C=O) groups excluding carboxylic acids is 1. The van der Waals surface area contributed by atoms with Crippen molar-refractivity contribution < 1.29 is 9.21 Å². The molecule has 3 aromatic carbocycles. The quantitative estimate of drug-likeness (QED) is 0.470. The number of nitrogens with one attached hydrogen (secondary N) is 1. The topological polar surface area (TPSA) is 65.8 Å². The molecule has 6 nitrogen and oxygen atoms in total. The fourth-order valence-electron chi connectivity index (χ4n) is 4.31. The lowest BCUT2D eigenvalue weighted by Crippen LogP contribution is -2.45. The van der Waals surface area contributed by atoms with Gasteiger partial charge in [-0.15, -0.1) is 0 Å². The van der Waals surface area contributed by atoms with Crippen LogP contribution in [0.5, 0.6) is 0 Å². The van der Waals surface area contributed by atoms with Gasteiger partial charge in [-0.05, 0) is 35.4 Å². The third-order valence-electron chi connectivity index (χ3n) is 6.19. The summed E-state index contributed by atoms with van der Waals surface area (Å²) in [5.41, 5.74) is 3.39. The third-order valence-corrected chi connectivity index (χ3v) is 6.19.